The molecule has 3 rings (SSSR count). The molecule has 2 aromatic carbocycles. The standard InChI is InChI=1S/C20H22N6S.2ClH/c1-23-19(21)25-15-7-3-13(4-8-15)17-11-12-18(27-17)14-5-9-16(10-6-14)26-20(22)24-2;;/h3-12H,1-2H3,(H3,21,23,25)(H3,22,24,26);2*1H. The lowest BCUT2D eigenvalue weighted by molar-refractivity contribution is 1.38. The van der Waals surface area contributed by atoms with E-state index >= 15 is 0 Å². The van der Waals surface area contributed by atoms with Crippen LogP contribution in [0, 0.1) is 0 Å². The molecule has 0 aliphatic rings. The lowest BCUT2D eigenvalue weighted by Crippen LogP contribution is -2.21. The topological polar surface area (TPSA) is 101 Å². The molecule has 0 aliphatic carbocycles. The smallest absolute Gasteiger partial charge is 0.192 e. The maximum Gasteiger partial charge on any atom is 0.192 e. The van der Waals surface area contributed by atoms with Gasteiger partial charge in [0.2, 0.25) is 0 Å². The Labute approximate surface area is 187 Å². The zero-order valence-corrected chi connectivity index (χ0v) is 18.5. The summed E-state index contributed by atoms with van der Waals surface area (Å²) in [5.41, 5.74) is 15.5. The maximum absolute atomic E-state index is 5.69. The van der Waals surface area contributed by atoms with Gasteiger partial charge in [0.15, 0.2) is 11.9 Å². The van der Waals surface area contributed by atoms with Gasteiger partial charge in [-0.25, -0.2) is 0 Å². The molecule has 1 heterocycles. The first kappa shape index (κ1) is 24.3. The Morgan fingerprint density at radius 2 is 1.00 bits per heavy atom. The summed E-state index contributed by atoms with van der Waals surface area (Å²) < 4.78 is 0. The van der Waals surface area contributed by atoms with E-state index in [-0.39, 0.29) is 24.8 Å². The molecule has 0 spiro atoms. The largest absolute Gasteiger partial charge is 0.370 e. The molecule has 0 aliphatic heterocycles. The summed E-state index contributed by atoms with van der Waals surface area (Å²) in [5.74, 6) is 0.789. The second-order valence-corrected chi connectivity index (χ2v) is 6.87. The molecular formula is C20H24Cl2N6S. The van der Waals surface area contributed by atoms with Crippen LogP contribution in [-0.4, -0.2) is 26.0 Å². The Balaban J connectivity index is 0.00000210. The summed E-state index contributed by atoms with van der Waals surface area (Å²) >= 11 is 1.75. The van der Waals surface area contributed by atoms with Gasteiger partial charge in [-0.15, -0.1) is 36.2 Å². The van der Waals surface area contributed by atoms with E-state index in [4.69, 9.17) is 11.5 Å². The Bertz CT molecular complexity index is 887. The molecular weight excluding hydrogens is 427 g/mol. The van der Waals surface area contributed by atoms with E-state index in [0.717, 1.165) is 22.5 Å². The highest BCUT2D eigenvalue weighted by atomic mass is 35.5. The van der Waals surface area contributed by atoms with Crippen LogP contribution in [-0.2, 0) is 0 Å². The van der Waals surface area contributed by atoms with E-state index in [0.29, 0.717) is 11.9 Å². The van der Waals surface area contributed by atoms with E-state index in [1.54, 1.807) is 25.4 Å². The van der Waals surface area contributed by atoms with Crippen LogP contribution in [0.4, 0.5) is 11.4 Å². The van der Waals surface area contributed by atoms with Gasteiger partial charge in [-0.1, -0.05) is 24.3 Å². The summed E-state index contributed by atoms with van der Waals surface area (Å²) in [4.78, 5) is 10.2. The minimum absolute atomic E-state index is 0. The fourth-order valence-corrected chi connectivity index (χ4v) is 3.51. The quantitative estimate of drug-likeness (QED) is 0.343. The number of aliphatic imine (C=N–C) groups is 2. The highest BCUT2D eigenvalue weighted by Crippen LogP contribution is 2.35. The lowest BCUT2D eigenvalue weighted by atomic mass is 10.1. The molecule has 0 amide bonds. The number of benzene rings is 2. The number of nitrogens with one attached hydrogen (secondary N) is 2. The number of hydrogen-bond acceptors (Lipinski definition) is 3. The fourth-order valence-electron chi connectivity index (χ4n) is 2.49. The molecule has 0 saturated carbocycles. The second-order valence-electron chi connectivity index (χ2n) is 5.79. The number of guanidine groups is 2. The summed E-state index contributed by atoms with van der Waals surface area (Å²) in [5, 5.41) is 6.06. The summed E-state index contributed by atoms with van der Waals surface area (Å²) in [7, 11) is 3.30. The van der Waals surface area contributed by atoms with E-state index < -0.39 is 0 Å². The summed E-state index contributed by atoms with van der Waals surface area (Å²) in [6, 6.07) is 20.5. The number of anilines is 2. The second kappa shape index (κ2) is 11.3. The van der Waals surface area contributed by atoms with Gasteiger partial charge in [0.05, 0.1) is 0 Å². The van der Waals surface area contributed by atoms with Gasteiger partial charge in [-0.3, -0.25) is 9.98 Å². The van der Waals surface area contributed by atoms with Crippen molar-refractivity contribution in [2.45, 2.75) is 0 Å². The predicted molar refractivity (Wildman–Crippen MR) is 132 cm³/mol. The van der Waals surface area contributed by atoms with Crippen molar-refractivity contribution in [2.24, 2.45) is 21.5 Å². The molecule has 0 atom stereocenters. The molecule has 29 heavy (non-hydrogen) atoms. The zero-order chi connectivity index (χ0) is 19.2. The van der Waals surface area contributed by atoms with Crippen molar-refractivity contribution in [1.29, 1.82) is 0 Å². The van der Waals surface area contributed by atoms with Crippen LogP contribution < -0.4 is 22.1 Å². The molecule has 0 saturated heterocycles. The molecule has 0 fully saturated rings. The Morgan fingerprint density at radius 3 is 1.31 bits per heavy atom. The fraction of sp³-hybridized carbons (Fsp3) is 0.100. The van der Waals surface area contributed by atoms with Crippen molar-refractivity contribution in [1.82, 2.24) is 0 Å². The maximum atomic E-state index is 5.69. The number of nitrogens with zero attached hydrogens (tertiary/aromatic N) is 2. The molecule has 3 aromatic rings. The SMILES string of the molecule is CN=C(N)Nc1ccc(-c2ccc(-c3ccc(NC(N)=NC)cc3)s2)cc1.Cl.Cl. The normalized spacial score (nSPS) is 11.2. The number of nitrogens with two attached hydrogens (primary N) is 2. The predicted octanol–water partition coefficient (Wildman–Crippen LogP) is 4.64. The average molecular weight is 451 g/mol. The third-order valence-electron chi connectivity index (χ3n) is 3.97. The zero-order valence-electron chi connectivity index (χ0n) is 16.0. The van der Waals surface area contributed by atoms with Crippen molar-refractivity contribution in [3.8, 4) is 20.9 Å². The van der Waals surface area contributed by atoms with Crippen LogP contribution in [0.1, 0.15) is 0 Å². The number of hydrogen-bond donors (Lipinski definition) is 4. The van der Waals surface area contributed by atoms with Crippen molar-refractivity contribution < 1.29 is 0 Å². The molecule has 1 aromatic heterocycles. The van der Waals surface area contributed by atoms with E-state index in [2.05, 4.69) is 57.0 Å². The van der Waals surface area contributed by atoms with Gasteiger partial charge in [0.1, 0.15) is 0 Å². The van der Waals surface area contributed by atoms with E-state index in [1.807, 2.05) is 24.3 Å². The lowest BCUT2D eigenvalue weighted by Gasteiger charge is -2.06. The van der Waals surface area contributed by atoms with Gasteiger partial charge >= 0.3 is 0 Å². The van der Waals surface area contributed by atoms with Crippen LogP contribution in [0.5, 0.6) is 0 Å². The van der Waals surface area contributed by atoms with Crippen molar-refractivity contribution in [3.05, 3.63) is 60.7 Å². The van der Waals surface area contributed by atoms with Gasteiger partial charge in [-0.2, -0.15) is 0 Å². The molecule has 6 N–H and O–H groups in total. The average Bonchev–Trinajstić information content (AvgIpc) is 3.19. The third-order valence-corrected chi connectivity index (χ3v) is 5.15. The van der Waals surface area contributed by atoms with Gasteiger partial charge in [-0.05, 0) is 47.5 Å². The molecule has 0 bridgehead atoms. The van der Waals surface area contributed by atoms with Crippen LogP contribution in [0.25, 0.3) is 20.9 Å². The first-order valence-electron chi connectivity index (χ1n) is 8.38. The van der Waals surface area contributed by atoms with E-state index in [1.165, 1.54) is 9.75 Å². The molecule has 9 heteroatoms. The van der Waals surface area contributed by atoms with E-state index in [9.17, 15) is 0 Å². The van der Waals surface area contributed by atoms with Crippen molar-refractivity contribution >= 4 is 59.4 Å². The molecule has 0 unspecified atom stereocenters. The Kier molecular flexibility index (Phi) is 9.47. The highest BCUT2D eigenvalue weighted by Gasteiger charge is 2.06. The first-order chi connectivity index (χ1) is 13.1. The number of rotatable bonds is 4. The van der Waals surface area contributed by atoms with Gasteiger partial charge in [0.25, 0.3) is 0 Å². The first-order valence-corrected chi connectivity index (χ1v) is 9.20. The Morgan fingerprint density at radius 1 is 0.655 bits per heavy atom. The van der Waals surface area contributed by atoms with Gasteiger partial charge in [0, 0.05) is 35.2 Å². The van der Waals surface area contributed by atoms with Crippen LogP contribution >= 0.6 is 36.2 Å². The third kappa shape index (κ3) is 6.39. The van der Waals surface area contributed by atoms with Crippen LogP contribution in [0.3, 0.4) is 0 Å². The van der Waals surface area contributed by atoms with Crippen LogP contribution in [0.15, 0.2) is 70.6 Å². The molecule has 154 valence electrons. The molecule has 0 radical (unpaired) electrons. The van der Waals surface area contributed by atoms with Crippen molar-refractivity contribution in [3.63, 3.8) is 0 Å². The monoisotopic (exact) mass is 450 g/mol. The van der Waals surface area contributed by atoms with Crippen LogP contribution in [0.2, 0.25) is 0 Å². The number of thiophene rings is 1. The van der Waals surface area contributed by atoms with Gasteiger partial charge < -0.3 is 22.1 Å². The van der Waals surface area contributed by atoms with Crippen molar-refractivity contribution in [2.75, 3.05) is 24.7 Å². The minimum Gasteiger partial charge on any atom is -0.370 e. The number of halogens is 2. The minimum atomic E-state index is 0. The summed E-state index contributed by atoms with van der Waals surface area (Å²) in [6.45, 7) is 0. The highest BCUT2D eigenvalue weighted by molar-refractivity contribution is 7.18. The summed E-state index contributed by atoms with van der Waals surface area (Å²) in [6.07, 6.45) is 0. The molecule has 6 nitrogen and oxygen atoms in total. The Hall–Kier alpha value is -2.74.